The van der Waals surface area contributed by atoms with Crippen molar-refractivity contribution in [3.63, 3.8) is 0 Å². The van der Waals surface area contributed by atoms with E-state index in [2.05, 4.69) is 152 Å². The third-order valence-electron chi connectivity index (χ3n) is 7.79. The van der Waals surface area contributed by atoms with Crippen LogP contribution in [0.1, 0.15) is 92.5 Å². The molecule has 4 aromatic rings. The van der Waals surface area contributed by atoms with Gasteiger partial charge in [-0.25, -0.2) is 12.2 Å². The van der Waals surface area contributed by atoms with Gasteiger partial charge in [0.15, 0.2) is 0 Å². The molecule has 0 aliphatic heterocycles. The van der Waals surface area contributed by atoms with Gasteiger partial charge in [-0.2, -0.15) is 35.4 Å². The molecule has 0 atom stereocenters. The van der Waals surface area contributed by atoms with E-state index in [0.29, 0.717) is 0 Å². The molecule has 0 N–H and O–H groups in total. The first-order chi connectivity index (χ1) is 19.8. The molecule has 0 saturated heterocycles. The fraction of sp³-hybridized carbons (Fsp3) is 0.293. The van der Waals surface area contributed by atoms with Gasteiger partial charge in [-0.15, -0.1) is 36.8 Å². The van der Waals surface area contributed by atoms with Crippen molar-refractivity contribution in [2.75, 3.05) is 0 Å². The van der Waals surface area contributed by atoms with Gasteiger partial charge in [-0.3, -0.25) is 6.08 Å². The third kappa shape index (κ3) is 10.1. The van der Waals surface area contributed by atoms with Crippen molar-refractivity contribution in [3.8, 4) is 11.1 Å². The first-order valence-corrected chi connectivity index (χ1v) is 16.2. The molecule has 44 heavy (non-hydrogen) atoms. The Bertz CT molecular complexity index is 1470. The van der Waals surface area contributed by atoms with Gasteiger partial charge in [-0.05, 0) is 17.4 Å². The molecule has 0 heterocycles. The van der Waals surface area contributed by atoms with Crippen LogP contribution in [0, 0.1) is 26.0 Å². The largest absolute Gasteiger partial charge is 0.273 e. The molecule has 0 unspecified atom stereocenters. The van der Waals surface area contributed by atoms with Crippen molar-refractivity contribution in [2.45, 2.75) is 79.1 Å². The monoisotopic (exact) mass is 698 g/mol. The Morgan fingerprint density at radius 3 is 1.64 bits per heavy atom. The van der Waals surface area contributed by atoms with Crippen molar-refractivity contribution in [1.82, 2.24) is 0 Å². The second-order valence-electron chi connectivity index (χ2n) is 13.4. The van der Waals surface area contributed by atoms with Gasteiger partial charge in [0, 0.05) is 0 Å². The molecule has 0 aromatic heterocycles. The molecule has 0 amide bonds. The molecule has 3 heteroatoms. The SMILES string of the molecule is CC(C)(C)c1c[c-]c2c(c1)-c1cc(C(C)(C)C)ccc1C2.Cc1ccc([C](=[Zr+2])c2ccc(C)cc2)cc1.Cl.Cl.[C-]1=CC=CC1. The Balaban J connectivity index is 0.000000260. The number of hydrogen-bond acceptors (Lipinski definition) is 0. The maximum absolute atomic E-state index is 3.53. The van der Waals surface area contributed by atoms with Gasteiger partial charge < -0.3 is 0 Å². The van der Waals surface area contributed by atoms with Gasteiger partial charge >= 0.3 is 112 Å². The molecular formula is C41H46Cl2Zr. The first kappa shape index (κ1) is 37.9. The second kappa shape index (κ2) is 16.3. The maximum Gasteiger partial charge on any atom is -0.109 e. The maximum atomic E-state index is 3.53. The second-order valence-corrected chi connectivity index (χ2v) is 14.7. The summed E-state index contributed by atoms with van der Waals surface area (Å²) in [6.45, 7) is 17.9. The molecular weight excluding hydrogens is 655 g/mol. The zero-order valence-electron chi connectivity index (χ0n) is 27.5. The normalized spacial score (nSPS) is 12.4. The number of halogens is 2. The van der Waals surface area contributed by atoms with Crippen LogP contribution >= 0.6 is 24.8 Å². The van der Waals surface area contributed by atoms with Gasteiger partial charge in [0.05, 0.1) is 0 Å². The zero-order chi connectivity index (χ0) is 30.5. The minimum atomic E-state index is 0. The Labute approximate surface area is 294 Å². The molecule has 2 aliphatic carbocycles. The quantitative estimate of drug-likeness (QED) is 0.161. The van der Waals surface area contributed by atoms with Crippen LogP contribution in [0.15, 0.2) is 97.1 Å². The van der Waals surface area contributed by atoms with Crippen LogP contribution in [0.5, 0.6) is 0 Å². The van der Waals surface area contributed by atoms with Crippen LogP contribution in [0.3, 0.4) is 0 Å². The average Bonchev–Trinajstić information content (AvgIpc) is 3.64. The standard InChI is InChI=1S/C21H25.C15H14.C5H5.2ClH.Zr/c1-20(2,3)16-9-7-14-11-15-8-10-17(21(4,5)6)13-19(15)18(14)12-16;1-12-3-7-14(8-4-12)11-15-9-5-13(2)6-10-15;1-2-4-5-3-1;;;/h7,9-10,12-13H,11H2,1-6H3;3-10H,1-2H3;1-3H,4H2;2*1H;/q-1;;-1;;;+2. The molecule has 4 aromatic carbocycles. The van der Waals surface area contributed by atoms with E-state index < -0.39 is 0 Å². The summed E-state index contributed by atoms with van der Waals surface area (Å²) >= 11 is 1.46. The first-order valence-electron chi connectivity index (χ1n) is 15.0. The van der Waals surface area contributed by atoms with E-state index in [9.17, 15) is 0 Å². The number of benzene rings is 4. The van der Waals surface area contributed by atoms with Gasteiger partial charge in [-0.1, -0.05) is 76.3 Å². The molecule has 0 radical (unpaired) electrons. The zero-order valence-corrected chi connectivity index (χ0v) is 31.6. The minimum absolute atomic E-state index is 0. The van der Waals surface area contributed by atoms with E-state index in [1.807, 2.05) is 12.2 Å². The van der Waals surface area contributed by atoms with Crippen LogP contribution in [-0.4, -0.2) is 3.21 Å². The van der Waals surface area contributed by atoms with E-state index in [-0.39, 0.29) is 35.6 Å². The van der Waals surface area contributed by atoms with E-state index in [1.165, 1.54) is 83.1 Å². The molecule has 0 nitrogen and oxygen atoms in total. The van der Waals surface area contributed by atoms with Gasteiger partial charge in [0.25, 0.3) is 0 Å². The molecule has 0 bridgehead atoms. The summed E-state index contributed by atoms with van der Waals surface area (Å²) in [5.74, 6) is 0. The van der Waals surface area contributed by atoms with Crippen LogP contribution in [0.2, 0.25) is 0 Å². The van der Waals surface area contributed by atoms with Crippen LogP contribution in [0.25, 0.3) is 11.1 Å². The summed E-state index contributed by atoms with van der Waals surface area (Å²) in [6, 6.07) is 32.6. The molecule has 0 spiro atoms. The number of aryl methyl sites for hydroxylation is 2. The van der Waals surface area contributed by atoms with Crippen LogP contribution < -0.4 is 0 Å². The van der Waals surface area contributed by atoms with E-state index in [0.717, 1.165) is 12.8 Å². The third-order valence-corrected chi connectivity index (χ3v) is 9.21. The van der Waals surface area contributed by atoms with Gasteiger partial charge in [0.2, 0.25) is 0 Å². The smallest absolute Gasteiger partial charge is 0.109 e. The number of rotatable bonds is 2. The summed E-state index contributed by atoms with van der Waals surface area (Å²) in [5.41, 5.74) is 14.1. The Morgan fingerprint density at radius 1 is 0.682 bits per heavy atom. The Hall–Kier alpha value is -2.31. The Kier molecular flexibility index (Phi) is 14.0. The predicted octanol–water partition coefficient (Wildman–Crippen LogP) is 11.2. The van der Waals surface area contributed by atoms with Crippen LogP contribution in [0.4, 0.5) is 0 Å². The number of allylic oxidation sites excluding steroid dienone is 4. The van der Waals surface area contributed by atoms with Crippen molar-refractivity contribution in [2.24, 2.45) is 0 Å². The predicted molar refractivity (Wildman–Crippen MR) is 193 cm³/mol. The number of fused-ring (bicyclic) bond motifs is 3. The topological polar surface area (TPSA) is 0 Å². The summed E-state index contributed by atoms with van der Waals surface area (Å²) < 4.78 is 1.42. The molecule has 0 saturated carbocycles. The van der Waals surface area contributed by atoms with Gasteiger partial charge in [0.1, 0.15) is 0 Å². The van der Waals surface area contributed by atoms with E-state index in [1.54, 1.807) is 0 Å². The van der Waals surface area contributed by atoms with Crippen molar-refractivity contribution >= 4 is 28.0 Å². The summed E-state index contributed by atoms with van der Waals surface area (Å²) in [4.78, 5) is 0. The summed E-state index contributed by atoms with van der Waals surface area (Å²) in [5, 5.41) is 0. The number of hydrogen-bond donors (Lipinski definition) is 0. The Morgan fingerprint density at radius 2 is 1.20 bits per heavy atom. The molecule has 228 valence electrons. The molecule has 2 aliphatic rings. The van der Waals surface area contributed by atoms with E-state index in [4.69, 9.17) is 0 Å². The fourth-order valence-corrected chi connectivity index (χ4v) is 5.75. The summed E-state index contributed by atoms with van der Waals surface area (Å²) in [6.07, 6.45) is 11.0. The fourth-order valence-electron chi connectivity index (χ4n) is 4.93. The minimum Gasteiger partial charge on any atom is -0.273 e. The van der Waals surface area contributed by atoms with E-state index >= 15 is 0 Å². The van der Waals surface area contributed by atoms with Crippen molar-refractivity contribution < 1.29 is 24.2 Å². The van der Waals surface area contributed by atoms with Crippen molar-refractivity contribution in [3.05, 3.63) is 154 Å². The van der Waals surface area contributed by atoms with Crippen molar-refractivity contribution in [1.29, 1.82) is 0 Å². The molecule has 0 fully saturated rings. The molecule has 6 rings (SSSR count). The summed E-state index contributed by atoms with van der Waals surface area (Å²) in [7, 11) is 0. The van der Waals surface area contributed by atoms with Crippen LogP contribution in [-0.2, 0) is 41.5 Å². The average molecular weight is 701 g/mol.